The van der Waals surface area contributed by atoms with Crippen molar-refractivity contribution in [3.8, 4) is 0 Å². The fourth-order valence-electron chi connectivity index (χ4n) is 3.22. The maximum absolute atomic E-state index is 12.4. The summed E-state index contributed by atoms with van der Waals surface area (Å²) in [6.07, 6.45) is 4.47. The third-order valence-corrected chi connectivity index (χ3v) is 6.53. The first-order valence-electron chi connectivity index (χ1n) is 9.47. The molecule has 1 fully saturated rings. The summed E-state index contributed by atoms with van der Waals surface area (Å²) in [5, 5.41) is 3.02. The van der Waals surface area contributed by atoms with Gasteiger partial charge in [-0.15, -0.1) is 0 Å². The van der Waals surface area contributed by atoms with Gasteiger partial charge in [-0.05, 0) is 54.7 Å². The number of hydrogen-bond acceptors (Lipinski definition) is 3. The Labute approximate surface area is 158 Å². The van der Waals surface area contributed by atoms with Crippen LogP contribution < -0.4 is 10.0 Å². The largest absolute Gasteiger partial charge is 0.353 e. The van der Waals surface area contributed by atoms with Crippen molar-refractivity contribution in [1.29, 1.82) is 0 Å². The number of amides is 1. The van der Waals surface area contributed by atoms with E-state index in [1.54, 1.807) is 12.1 Å². The zero-order chi connectivity index (χ0) is 19.4. The maximum atomic E-state index is 12.4. The Morgan fingerprint density at radius 3 is 2.19 bits per heavy atom. The lowest BCUT2D eigenvalue weighted by atomic mass is 9.87. The van der Waals surface area contributed by atoms with E-state index in [9.17, 15) is 13.2 Å². The Hall–Kier alpha value is -1.40. The van der Waals surface area contributed by atoms with Crippen LogP contribution >= 0.6 is 0 Å². The van der Waals surface area contributed by atoms with Gasteiger partial charge in [-0.25, -0.2) is 13.1 Å². The number of carbonyl (C=O) groups excluding carboxylic acids is 1. The minimum atomic E-state index is -3.59. The molecular weight excluding hydrogens is 348 g/mol. The highest BCUT2D eigenvalue weighted by Crippen LogP contribution is 2.24. The van der Waals surface area contributed by atoms with Crippen molar-refractivity contribution >= 4 is 15.9 Å². The molecule has 0 aliphatic heterocycles. The van der Waals surface area contributed by atoms with Crippen LogP contribution in [0.5, 0.6) is 0 Å². The van der Waals surface area contributed by atoms with E-state index in [0.717, 1.165) is 37.2 Å². The predicted octanol–water partition coefficient (Wildman–Crippen LogP) is 3.35. The van der Waals surface area contributed by atoms with E-state index in [-0.39, 0.29) is 35.2 Å². The van der Waals surface area contributed by atoms with Gasteiger partial charge in [-0.2, -0.15) is 0 Å². The number of carbonyl (C=O) groups is 1. The fraction of sp³-hybridized carbons (Fsp3) is 0.650. The van der Waals surface area contributed by atoms with Gasteiger partial charge >= 0.3 is 0 Å². The van der Waals surface area contributed by atoms with Crippen LogP contribution in [0.15, 0.2) is 29.2 Å². The average molecular weight is 381 g/mol. The summed E-state index contributed by atoms with van der Waals surface area (Å²) in [6.45, 7) is 8.60. The lowest BCUT2D eigenvalue weighted by molar-refractivity contribution is -0.121. The molecule has 1 aromatic rings. The van der Waals surface area contributed by atoms with E-state index in [4.69, 9.17) is 0 Å². The second-order valence-corrected chi connectivity index (χ2v) is 10.2. The van der Waals surface area contributed by atoms with Gasteiger partial charge < -0.3 is 5.32 Å². The van der Waals surface area contributed by atoms with E-state index < -0.39 is 10.0 Å². The summed E-state index contributed by atoms with van der Waals surface area (Å²) in [7, 11) is -3.59. The van der Waals surface area contributed by atoms with Gasteiger partial charge in [0.15, 0.2) is 0 Å². The molecule has 0 spiro atoms. The lowest BCUT2D eigenvalue weighted by Gasteiger charge is -2.26. The van der Waals surface area contributed by atoms with Crippen molar-refractivity contribution < 1.29 is 13.2 Å². The molecule has 1 aliphatic carbocycles. The van der Waals surface area contributed by atoms with Crippen LogP contribution in [-0.4, -0.2) is 26.9 Å². The number of nitrogens with one attached hydrogen (secondary N) is 2. The first-order valence-corrected chi connectivity index (χ1v) is 11.0. The Morgan fingerprint density at radius 1 is 1.08 bits per heavy atom. The molecule has 0 bridgehead atoms. The molecule has 1 saturated carbocycles. The Morgan fingerprint density at radius 2 is 1.65 bits per heavy atom. The molecule has 1 aromatic carbocycles. The third-order valence-electron chi connectivity index (χ3n) is 5.06. The van der Waals surface area contributed by atoms with Crippen molar-refractivity contribution in [2.45, 2.75) is 76.2 Å². The standard InChI is InChI=1S/C20H32N2O3S/c1-15-5-9-17(10-6-15)22-19(23)13-14-21-26(24,25)18-11-7-16(8-12-18)20(2,3)4/h7-8,11-12,15,17,21H,5-6,9-10,13-14H2,1-4H3,(H,22,23). The van der Waals surface area contributed by atoms with Crippen molar-refractivity contribution in [3.63, 3.8) is 0 Å². The number of hydrogen-bond donors (Lipinski definition) is 2. The quantitative estimate of drug-likeness (QED) is 0.795. The van der Waals surface area contributed by atoms with E-state index in [2.05, 4.69) is 37.7 Å². The van der Waals surface area contributed by atoms with Crippen LogP contribution in [0, 0.1) is 5.92 Å². The molecule has 5 nitrogen and oxygen atoms in total. The van der Waals surface area contributed by atoms with Crippen LogP contribution in [-0.2, 0) is 20.2 Å². The molecule has 2 N–H and O–H groups in total. The molecule has 0 saturated heterocycles. The number of rotatable bonds is 6. The lowest BCUT2D eigenvalue weighted by Crippen LogP contribution is -2.39. The summed E-state index contributed by atoms with van der Waals surface area (Å²) in [5.41, 5.74) is 1.06. The molecule has 6 heteroatoms. The minimum Gasteiger partial charge on any atom is -0.353 e. The molecule has 0 atom stereocenters. The zero-order valence-corrected chi connectivity index (χ0v) is 17.2. The summed E-state index contributed by atoms with van der Waals surface area (Å²) in [5.74, 6) is 0.648. The third kappa shape index (κ3) is 6.09. The van der Waals surface area contributed by atoms with Crippen LogP contribution in [0.4, 0.5) is 0 Å². The summed E-state index contributed by atoms with van der Waals surface area (Å²) >= 11 is 0. The van der Waals surface area contributed by atoms with Crippen LogP contribution in [0.3, 0.4) is 0 Å². The van der Waals surface area contributed by atoms with Crippen molar-refractivity contribution in [2.24, 2.45) is 5.92 Å². The van der Waals surface area contributed by atoms with Crippen molar-refractivity contribution in [2.75, 3.05) is 6.54 Å². The molecule has 1 amide bonds. The van der Waals surface area contributed by atoms with E-state index >= 15 is 0 Å². The predicted molar refractivity (Wildman–Crippen MR) is 105 cm³/mol. The Kier molecular flexibility index (Phi) is 6.86. The molecule has 2 rings (SSSR count). The summed E-state index contributed by atoms with van der Waals surface area (Å²) < 4.78 is 27.2. The van der Waals surface area contributed by atoms with Crippen LogP contribution in [0.2, 0.25) is 0 Å². The van der Waals surface area contributed by atoms with Gasteiger partial charge in [0, 0.05) is 19.0 Å². The smallest absolute Gasteiger partial charge is 0.240 e. The van der Waals surface area contributed by atoms with E-state index in [1.165, 1.54) is 0 Å². The van der Waals surface area contributed by atoms with Gasteiger partial charge in [0.2, 0.25) is 15.9 Å². The van der Waals surface area contributed by atoms with Gasteiger partial charge in [-0.3, -0.25) is 4.79 Å². The molecule has 0 aromatic heterocycles. The normalized spacial score (nSPS) is 21.4. The molecular formula is C20H32N2O3S. The second kappa shape index (κ2) is 8.53. The second-order valence-electron chi connectivity index (χ2n) is 8.45. The molecule has 1 aliphatic rings. The summed E-state index contributed by atoms with van der Waals surface area (Å²) in [6, 6.07) is 7.15. The highest BCUT2D eigenvalue weighted by Gasteiger charge is 2.20. The molecule has 0 unspecified atom stereocenters. The fourth-order valence-corrected chi connectivity index (χ4v) is 4.25. The zero-order valence-electron chi connectivity index (χ0n) is 16.3. The topological polar surface area (TPSA) is 75.3 Å². The van der Waals surface area contributed by atoms with Gasteiger partial charge in [0.25, 0.3) is 0 Å². The minimum absolute atomic E-state index is 0.0231. The van der Waals surface area contributed by atoms with E-state index in [0.29, 0.717) is 0 Å². The van der Waals surface area contributed by atoms with Crippen molar-refractivity contribution in [3.05, 3.63) is 29.8 Å². The highest BCUT2D eigenvalue weighted by atomic mass is 32.2. The van der Waals surface area contributed by atoms with Gasteiger partial charge in [-0.1, -0.05) is 39.8 Å². The van der Waals surface area contributed by atoms with Crippen LogP contribution in [0.1, 0.15) is 65.4 Å². The summed E-state index contributed by atoms with van der Waals surface area (Å²) in [4.78, 5) is 12.3. The number of sulfonamides is 1. The first-order chi connectivity index (χ1) is 12.1. The Bertz CT molecular complexity index is 698. The SMILES string of the molecule is CC1CCC(NC(=O)CCNS(=O)(=O)c2ccc(C(C)(C)C)cc2)CC1. The first kappa shape index (κ1) is 20.9. The monoisotopic (exact) mass is 380 g/mol. The van der Waals surface area contributed by atoms with Crippen LogP contribution in [0.25, 0.3) is 0 Å². The maximum Gasteiger partial charge on any atom is 0.240 e. The molecule has 0 radical (unpaired) electrons. The van der Waals surface area contributed by atoms with Crippen molar-refractivity contribution in [1.82, 2.24) is 10.0 Å². The van der Waals surface area contributed by atoms with E-state index in [1.807, 2.05) is 12.1 Å². The van der Waals surface area contributed by atoms with Gasteiger partial charge in [0.05, 0.1) is 4.90 Å². The molecule has 0 heterocycles. The molecule has 146 valence electrons. The Balaban J connectivity index is 1.81. The highest BCUT2D eigenvalue weighted by molar-refractivity contribution is 7.89. The average Bonchev–Trinajstić information content (AvgIpc) is 2.56. The molecule has 26 heavy (non-hydrogen) atoms. The van der Waals surface area contributed by atoms with Gasteiger partial charge in [0.1, 0.15) is 0 Å². The number of benzene rings is 1.